The SMILES string of the molecule is CCC(=O)N1C[C@@H](C(=O)NCCC(C)C)[C@H](c2cccc(C(F)(F)F)c2)C1. The van der Waals surface area contributed by atoms with E-state index in [2.05, 4.69) is 19.2 Å². The lowest BCUT2D eigenvalue weighted by Gasteiger charge is -2.19. The highest BCUT2D eigenvalue weighted by molar-refractivity contribution is 5.83. The molecule has 4 nitrogen and oxygen atoms in total. The van der Waals surface area contributed by atoms with Gasteiger partial charge in [0.05, 0.1) is 11.5 Å². The fourth-order valence-electron chi connectivity index (χ4n) is 3.40. The van der Waals surface area contributed by atoms with Gasteiger partial charge in [0, 0.05) is 32.0 Å². The molecular weight excluding hydrogens is 357 g/mol. The van der Waals surface area contributed by atoms with Crippen LogP contribution in [0.15, 0.2) is 24.3 Å². The Kier molecular flexibility index (Phi) is 6.89. The van der Waals surface area contributed by atoms with E-state index in [1.54, 1.807) is 17.9 Å². The molecule has 0 radical (unpaired) electrons. The summed E-state index contributed by atoms with van der Waals surface area (Å²) in [6, 6.07) is 5.08. The normalized spacial score (nSPS) is 20.2. The zero-order valence-corrected chi connectivity index (χ0v) is 16.0. The molecule has 0 bridgehead atoms. The lowest BCUT2D eigenvalue weighted by atomic mass is 9.87. The number of benzene rings is 1. The average Bonchev–Trinajstić information content (AvgIpc) is 3.05. The van der Waals surface area contributed by atoms with E-state index >= 15 is 0 Å². The van der Waals surface area contributed by atoms with Gasteiger partial charge in [0.1, 0.15) is 0 Å². The molecular formula is C20H27F3N2O2. The quantitative estimate of drug-likeness (QED) is 0.811. The van der Waals surface area contributed by atoms with Gasteiger partial charge < -0.3 is 10.2 Å². The van der Waals surface area contributed by atoms with Gasteiger partial charge in [-0.05, 0) is 24.0 Å². The summed E-state index contributed by atoms with van der Waals surface area (Å²) in [4.78, 5) is 26.4. The summed E-state index contributed by atoms with van der Waals surface area (Å²) in [5.74, 6) is -0.849. The summed E-state index contributed by atoms with van der Waals surface area (Å²) in [5, 5.41) is 2.88. The number of hydrogen-bond donors (Lipinski definition) is 1. The van der Waals surface area contributed by atoms with E-state index in [-0.39, 0.29) is 24.9 Å². The number of carbonyl (C=O) groups is 2. The van der Waals surface area contributed by atoms with Gasteiger partial charge in [-0.1, -0.05) is 39.0 Å². The van der Waals surface area contributed by atoms with Crippen molar-refractivity contribution in [3.8, 4) is 0 Å². The van der Waals surface area contributed by atoms with Crippen molar-refractivity contribution in [3.63, 3.8) is 0 Å². The molecule has 2 atom stereocenters. The van der Waals surface area contributed by atoms with Crippen molar-refractivity contribution in [2.75, 3.05) is 19.6 Å². The predicted octanol–water partition coefficient (Wildman–Crippen LogP) is 3.82. The Morgan fingerprint density at radius 2 is 1.96 bits per heavy atom. The highest BCUT2D eigenvalue weighted by Gasteiger charge is 2.40. The molecule has 0 spiro atoms. The number of hydrogen-bond acceptors (Lipinski definition) is 2. The summed E-state index contributed by atoms with van der Waals surface area (Å²) in [5.41, 5.74) is -0.292. The molecule has 1 saturated heterocycles. The highest BCUT2D eigenvalue weighted by atomic mass is 19.4. The van der Waals surface area contributed by atoms with Crippen molar-refractivity contribution in [3.05, 3.63) is 35.4 Å². The van der Waals surface area contributed by atoms with E-state index in [1.165, 1.54) is 6.07 Å². The molecule has 1 fully saturated rings. The van der Waals surface area contributed by atoms with Crippen LogP contribution in [-0.2, 0) is 15.8 Å². The largest absolute Gasteiger partial charge is 0.416 e. The van der Waals surface area contributed by atoms with E-state index in [9.17, 15) is 22.8 Å². The van der Waals surface area contributed by atoms with E-state index in [0.717, 1.165) is 18.6 Å². The Labute approximate surface area is 158 Å². The summed E-state index contributed by atoms with van der Waals surface area (Å²) < 4.78 is 39.2. The second-order valence-corrected chi connectivity index (χ2v) is 7.46. The number of amides is 2. The Balaban J connectivity index is 2.24. The molecule has 0 unspecified atom stereocenters. The maximum absolute atomic E-state index is 13.1. The van der Waals surface area contributed by atoms with Crippen molar-refractivity contribution in [1.29, 1.82) is 0 Å². The van der Waals surface area contributed by atoms with Crippen LogP contribution < -0.4 is 5.32 Å². The molecule has 2 rings (SSSR count). The molecule has 0 saturated carbocycles. The van der Waals surface area contributed by atoms with Crippen molar-refractivity contribution in [1.82, 2.24) is 10.2 Å². The van der Waals surface area contributed by atoms with Crippen LogP contribution in [0.3, 0.4) is 0 Å². The van der Waals surface area contributed by atoms with Gasteiger partial charge in [-0.15, -0.1) is 0 Å². The van der Waals surface area contributed by atoms with Crippen molar-refractivity contribution in [2.24, 2.45) is 11.8 Å². The van der Waals surface area contributed by atoms with Gasteiger partial charge in [0.2, 0.25) is 11.8 Å². The standard InChI is InChI=1S/C20H27F3N2O2/c1-4-18(26)25-11-16(14-6-5-7-15(10-14)20(21,22)23)17(12-25)19(27)24-9-8-13(2)3/h5-7,10,13,16-17H,4,8-9,11-12H2,1-3H3,(H,24,27)/t16-,17+/m0/s1. The minimum atomic E-state index is -4.44. The van der Waals surface area contributed by atoms with Crippen molar-refractivity contribution in [2.45, 2.75) is 45.7 Å². The van der Waals surface area contributed by atoms with Gasteiger partial charge in [-0.3, -0.25) is 9.59 Å². The summed E-state index contributed by atoms with van der Waals surface area (Å²) in [6.45, 7) is 6.85. The first kappa shape index (κ1) is 21.3. The van der Waals surface area contributed by atoms with Gasteiger partial charge in [-0.2, -0.15) is 13.2 Å². The fraction of sp³-hybridized carbons (Fsp3) is 0.600. The molecule has 27 heavy (non-hydrogen) atoms. The summed E-state index contributed by atoms with van der Waals surface area (Å²) in [6.07, 6.45) is -3.32. The number of likely N-dealkylation sites (tertiary alicyclic amines) is 1. The number of nitrogens with one attached hydrogen (secondary N) is 1. The molecule has 1 N–H and O–H groups in total. The van der Waals surface area contributed by atoms with Crippen LogP contribution >= 0.6 is 0 Å². The zero-order chi connectivity index (χ0) is 20.2. The minimum absolute atomic E-state index is 0.0931. The molecule has 1 aromatic carbocycles. The Hall–Kier alpha value is -2.05. The van der Waals surface area contributed by atoms with E-state index in [4.69, 9.17) is 0 Å². The van der Waals surface area contributed by atoms with Gasteiger partial charge >= 0.3 is 6.18 Å². The Morgan fingerprint density at radius 3 is 2.56 bits per heavy atom. The zero-order valence-electron chi connectivity index (χ0n) is 16.0. The lowest BCUT2D eigenvalue weighted by molar-refractivity contribution is -0.137. The third kappa shape index (κ3) is 5.47. The summed E-state index contributed by atoms with van der Waals surface area (Å²) >= 11 is 0. The lowest BCUT2D eigenvalue weighted by Crippen LogP contribution is -2.36. The van der Waals surface area contributed by atoms with Gasteiger partial charge in [0.25, 0.3) is 0 Å². The van der Waals surface area contributed by atoms with E-state index < -0.39 is 23.6 Å². The van der Waals surface area contributed by atoms with E-state index in [1.807, 2.05) is 0 Å². The topological polar surface area (TPSA) is 49.4 Å². The fourth-order valence-corrected chi connectivity index (χ4v) is 3.40. The molecule has 7 heteroatoms. The predicted molar refractivity (Wildman–Crippen MR) is 97.0 cm³/mol. The first-order valence-corrected chi connectivity index (χ1v) is 9.36. The molecule has 1 heterocycles. The van der Waals surface area contributed by atoms with Gasteiger partial charge in [0.15, 0.2) is 0 Å². The second-order valence-electron chi connectivity index (χ2n) is 7.46. The number of alkyl halides is 3. The maximum atomic E-state index is 13.1. The van der Waals surface area contributed by atoms with Crippen LogP contribution in [0.5, 0.6) is 0 Å². The number of nitrogens with zero attached hydrogens (tertiary/aromatic N) is 1. The highest BCUT2D eigenvalue weighted by Crippen LogP contribution is 2.36. The molecule has 1 aromatic rings. The average molecular weight is 384 g/mol. The van der Waals surface area contributed by atoms with Crippen molar-refractivity contribution < 1.29 is 22.8 Å². The number of halogens is 3. The molecule has 1 aliphatic rings. The minimum Gasteiger partial charge on any atom is -0.356 e. The first-order valence-electron chi connectivity index (χ1n) is 9.36. The molecule has 2 amide bonds. The third-order valence-electron chi connectivity index (χ3n) is 4.97. The van der Waals surface area contributed by atoms with Crippen LogP contribution in [0.1, 0.15) is 50.7 Å². The van der Waals surface area contributed by atoms with Crippen LogP contribution in [0.25, 0.3) is 0 Å². The number of rotatable bonds is 6. The smallest absolute Gasteiger partial charge is 0.356 e. The third-order valence-corrected chi connectivity index (χ3v) is 4.97. The monoisotopic (exact) mass is 384 g/mol. The Bertz CT molecular complexity index is 673. The van der Waals surface area contributed by atoms with Crippen LogP contribution in [0, 0.1) is 11.8 Å². The molecule has 0 aliphatic carbocycles. The Morgan fingerprint density at radius 1 is 1.26 bits per heavy atom. The van der Waals surface area contributed by atoms with Crippen molar-refractivity contribution >= 4 is 11.8 Å². The van der Waals surface area contributed by atoms with Crippen LogP contribution in [-0.4, -0.2) is 36.3 Å². The number of carbonyl (C=O) groups excluding carboxylic acids is 2. The van der Waals surface area contributed by atoms with E-state index in [0.29, 0.717) is 24.4 Å². The molecule has 1 aliphatic heterocycles. The summed E-state index contributed by atoms with van der Waals surface area (Å²) in [7, 11) is 0. The first-order chi connectivity index (χ1) is 12.6. The van der Waals surface area contributed by atoms with Crippen LogP contribution in [0.4, 0.5) is 13.2 Å². The maximum Gasteiger partial charge on any atom is 0.416 e. The second kappa shape index (κ2) is 8.76. The molecule has 0 aromatic heterocycles. The van der Waals surface area contributed by atoms with Gasteiger partial charge in [-0.25, -0.2) is 0 Å². The molecule has 150 valence electrons. The van der Waals surface area contributed by atoms with Crippen LogP contribution in [0.2, 0.25) is 0 Å².